The highest BCUT2D eigenvalue weighted by Gasteiger charge is 2.39. The number of aliphatic hydroxyl groups excluding tert-OH is 1. The van der Waals surface area contributed by atoms with Gasteiger partial charge in [0.25, 0.3) is 0 Å². The molecule has 1 saturated heterocycles. The summed E-state index contributed by atoms with van der Waals surface area (Å²) < 4.78 is 10.8. The summed E-state index contributed by atoms with van der Waals surface area (Å²) in [5.74, 6) is 1.39. The summed E-state index contributed by atoms with van der Waals surface area (Å²) in [6.45, 7) is 6.16. The molecule has 0 radical (unpaired) electrons. The van der Waals surface area contributed by atoms with Crippen LogP contribution in [-0.4, -0.2) is 31.5 Å². The van der Waals surface area contributed by atoms with Gasteiger partial charge in [0.15, 0.2) is 0 Å². The Morgan fingerprint density at radius 2 is 1.94 bits per heavy atom. The van der Waals surface area contributed by atoms with E-state index in [4.69, 9.17) is 9.47 Å². The molecule has 3 nitrogen and oxygen atoms in total. The van der Waals surface area contributed by atoms with Crippen molar-refractivity contribution in [2.45, 2.75) is 19.8 Å². The quantitative estimate of drug-likeness (QED) is 0.851. The third-order valence-electron chi connectivity index (χ3n) is 3.24. The molecule has 0 aliphatic carbocycles. The van der Waals surface area contributed by atoms with E-state index < -0.39 is 0 Å². The fourth-order valence-corrected chi connectivity index (χ4v) is 1.80. The van der Waals surface area contributed by atoms with Gasteiger partial charge in [0.2, 0.25) is 0 Å². The van der Waals surface area contributed by atoms with Crippen LogP contribution in [0.2, 0.25) is 0 Å². The molecular formula is C14H20O3. The predicted octanol–water partition coefficient (Wildman–Crippen LogP) is 2.20. The van der Waals surface area contributed by atoms with Crippen LogP contribution in [0, 0.1) is 5.41 Å². The van der Waals surface area contributed by atoms with E-state index in [0.29, 0.717) is 25.7 Å². The first-order valence-electron chi connectivity index (χ1n) is 6.07. The van der Waals surface area contributed by atoms with Gasteiger partial charge in [-0.2, -0.15) is 0 Å². The number of hydrogen-bond donors (Lipinski definition) is 1. The van der Waals surface area contributed by atoms with Gasteiger partial charge in [-0.1, -0.05) is 26.0 Å². The summed E-state index contributed by atoms with van der Waals surface area (Å²) in [6.07, 6.45) is 0. The monoisotopic (exact) mass is 236 g/mol. The van der Waals surface area contributed by atoms with Crippen molar-refractivity contribution in [1.82, 2.24) is 0 Å². The molecular weight excluding hydrogens is 216 g/mol. The Hall–Kier alpha value is -1.06. The second kappa shape index (κ2) is 5.07. The molecule has 94 valence electrons. The van der Waals surface area contributed by atoms with Crippen LogP contribution in [0.15, 0.2) is 24.3 Å². The number of rotatable bonds is 5. The molecule has 1 aromatic rings. The van der Waals surface area contributed by atoms with Crippen LogP contribution < -0.4 is 4.74 Å². The lowest BCUT2D eigenvalue weighted by atomic mass is 9.88. The molecule has 1 aromatic carbocycles. The smallest absolute Gasteiger partial charge is 0.119 e. The summed E-state index contributed by atoms with van der Waals surface area (Å²) in [5, 5.41) is 9.27. The molecule has 1 aliphatic rings. The van der Waals surface area contributed by atoms with E-state index in [2.05, 4.69) is 26.0 Å². The first-order valence-corrected chi connectivity index (χ1v) is 6.07. The Bertz CT molecular complexity index is 347. The first-order chi connectivity index (χ1) is 8.15. The standard InChI is InChI=1S/C14H20O3/c1-11(2)12-3-5-13(6-4-12)17-10-14(7-15)8-16-9-14/h3-6,11,15H,7-10H2,1-2H3. The summed E-state index contributed by atoms with van der Waals surface area (Å²) in [4.78, 5) is 0. The molecule has 0 aromatic heterocycles. The minimum atomic E-state index is -0.184. The average Bonchev–Trinajstić information content (AvgIpc) is 2.29. The minimum Gasteiger partial charge on any atom is -0.493 e. The van der Waals surface area contributed by atoms with Crippen molar-refractivity contribution in [3.63, 3.8) is 0 Å². The molecule has 1 heterocycles. The third-order valence-corrected chi connectivity index (χ3v) is 3.24. The highest BCUT2D eigenvalue weighted by atomic mass is 16.5. The zero-order valence-corrected chi connectivity index (χ0v) is 10.5. The molecule has 17 heavy (non-hydrogen) atoms. The number of hydrogen-bond acceptors (Lipinski definition) is 3. The predicted molar refractivity (Wildman–Crippen MR) is 66.4 cm³/mol. The van der Waals surface area contributed by atoms with Crippen molar-refractivity contribution in [2.75, 3.05) is 26.4 Å². The van der Waals surface area contributed by atoms with Crippen molar-refractivity contribution >= 4 is 0 Å². The Labute approximate surface area is 102 Å². The Kier molecular flexibility index (Phi) is 3.69. The SMILES string of the molecule is CC(C)c1ccc(OCC2(CO)COC2)cc1. The summed E-state index contributed by atoms with van der Waals surface area (Å²) in [5.41, 5.74) is 1.12. The van der Waals surface area contributed by atoms with Crippen LogP contribution in [0.25, 0.3) is 0 Å². The fraction of sp³-hybridized carbons (Fsp3) is 0.571. The van der Waals surface area contributed by atoms with Gasteiger partial charge >= 0.3 is 0 Å². The van der Waals surface area contributed by atoms with E-state index >= 15 is 0 Å². The van der Waals surface area contributed by atoms with Crippen molar-refractivity contribution < 1.29 is 14.6 Å². The maximum absolute atomic E-state index is 9.27. The van der Waals surface area contributed by atoms with Gasteiger partial charge in [0.1, 0.15) is 12.4 Å². The van der Waals surface area contributed by atoms with Crippen LogP contribution in [0.3, 0.4) is 0 Å². The summed E-state index contributed by atoms with van der Waals surface area (Å²) in [7, 11) is 0. The van der Waals surface area contributed by atoms with Gasteiger partial charge in [0, 0.05) is 0 Å². The molecule has 2 rings (SSSR count). The van der Waals surface area contributed by atoms with Gasteiger partial charge in [0.05, 0.1) is 25.2 Å². The van der Waals surface area contributed by atoms with E-state index in [1.807, 2.05) is 12.1 Å². The van der Waals surface area contributed by atoms with E-state index in [1.54, 1.807) is 0 Å². The largest absolute Gasteiger partial charge is 0.493 e. The molecule has 0 amide bonds. The highest BCUT2D eigenvalue weighted by molar-refractivity contribution is 5.28. The maximum atomic E-state index is 9.27. The zero-order valence-electron chi connectivity index (χ0n) is 10.5. The molecule has 1 fully saturated rings. The third kappa shape index (κ3) is 2.79. The van der Waals surface area contributed by atoms with E-state index in [1.165, 1.54) is 5.56 Å². The molecule has 1 N–H and O–H groups in total. The zero-order chi connectivity index (χ0) is 12.3. The van der Waals surface area contributed by atoms with Crippen LogP contribution in [0.1, 0.15) is 25.3 Å². The van der Waals surface area contributed by atoms with E-state index in [0.717, 1.165) is 5.75 Å². The van der Waals surface area contributed by atoms with Crippen LogP contribution in [-0.2, 0) is 4.74 Å². The first kappa shape index (κ1) is 12.4. The molecule has 0 bridgehead atoms. The van der Waals surface area contributed by atoms with Gasteiger partial charge < -0.3 is 14.6 Å². The van der Waals surface area contributed by atoms with Crippen LogP contribution in [0.4, 0.5) is 0 Å². The summed E-state index contributed by atoms with van der Waals surface area (Å²) >= 11 is 0. The minimum absolute atomic E-state index is 0.122. The van der Waals surface area contributed by atoms with Gasteiger partial charge in [-0.15, -0.1) is 0 Å². The Balaban J connectivity index is 1.91. The molecule has 0 atom stereocenters. The van der Waals surface area contributed by atoms with Crippen molar-refractivity contribution in [2.24, 2.45) is 5.41 Å². The van der Waals surface area contributed by atoms with E-state index in [9.17, 15) is 5.11 Å². The molecule has 0 unspecified atom stereocenters. The van der Waals surface area contributed by atoms with Crippen molar-refractivity contribution in [1.29, 1.82) is 0 Å². The highest BCUT2D eigenvalue weighted by Crippen LogP contribution is 2.28. The van der Waals surface area contributed by atoms with Gasteiger partial charge in [-0.05, 0) is 23.6 Å². The second-order valence-electron chi connectivity index (χ2n) is 5.16. The second-order valence-corrected chi connectivity index (χ2v) is 5.16. The topological polar surface area (TPSA) is 38.7 Å². The lowest BCUT2D eigenvalue weighted by Crippen LogP contribution is -2.49. The number of aliphatic hydroxyl groups is 1. The fourth-order valence-electron chi connectivity index (χ4n) is 1.80. The Morgan fingerprint density at radius 3 is 2.35 bits per heavy atom. The maximum Gasteiger partial charge on any atom is 0.119 e. The normalized spacial score (nSPS) is 17.9. The van der Waals surface area contributed by atoms with Gasteiger partial charge in [-0.25, -0.2) is 0 Å². The van der Waals surface area contributed by atoms with Crippen LogP contribution >= 0.6 is 0 Å². The number of ether oxygens (including phenoxy) is 2. The number of benzene rings is 1. The molecule has 1 aliphatic heterocycles. The van der Waals surface area contributed by atoms with E-state index in [-0.39, 0.29) is 12.0 Å². The summed E-state index contributed by atoms with van der Waals surface area (Å²) in [6, 6.07) is 8.14. The van der Waals surface area contributed by atoms with Crippen molar-refractivity contribution in [3.8, 4) is 5.75 Å². The average molecular weight is 236 g/mol. The Morgan fingerprint density at radius 1 is 1.29 bits per heavy atom. The molecule has 3 heteroatoms. The lowest BCUT2D eigenvalue weighted by molar-refractivity contribution is -0.153. The van der Waals surface area contributed by atoms with Crippen molar-refractivity contribution in [3.05, 3.63) is 29.8 Å². The molecule has 0 spiro atoms. The van der Waals surface area contributed by atoms with Crippen LogP contribution in [0.5, 0.6) is 5.75 Å². The lowest BCUT2D eigenvalue weighted by Gasteiger charge is -2.39. The molecule has 0 saturated carbocycles. The van der Waals surface area contributed by atoms with Gasteiger partial charge in [-0.3, -0.25) is 0 Å².